The van der Waals surface area contributed by atoms with Gasteiger partial charge in [0.25, 0.3) is 0 Å². The predicted molar refractivity (Wildman–Crippen MR) is 134 cm³/mol. The van der Waals surface area contributed by atoms with Crippen molar-refractivity contribution in [3.63, 3.8) is 0 Å². The Morgan fingerprint density at radius 1 is 1.29 bits per heavy atom. The SMILES string of the molecule is C=C1C=C[C@@]2(C)C(=C1)CC[C@@H]1[C@@H]2[C@@H](O)C[C@@]2(C)[C@H]1C[C@H]1O[C@@H](CCC)O[C@]12C(=O)CC(C)(C)C. The summed E-state index contributed by atoms with van der Waals surface area (Å²) >= 11 is 0. The summed E-state index contributed by atoms with van der Waals surface area (Å²) in [5, 5.41) is 11.8. The third-order valence-corrected chi connectivity index (χ3v) is 10.0. The normalized spacial score (nSPS) is 47.5. The molecule has 4 heteroatoms. The smallest absolute Gasteiger partial charge is 0.168 e. The molecule has 0 spiro atoms. The van der Waals surface area contributed by atoms with Crippen LogP contribution in [0.2, 0.25) is 0 Å². The summed E-state index contributed by atoms with van der Waals surface area (Å²) in [6.45, 7) is 17.2. The van der Waals surface area contributed by atoms with Gasteiger partial charge in [0.15, 0.2) is 17.7 Å². The summed E-state index contributed by atoms with van der Waals surface area (Å²) in [6, 6.07) is 0. The molecule has 0 unspecified atom stereocenters. The maximum atomic E-state index is 14.2. The third-order valence-electron chi connectivity index (χ3n) is 10.0. The number of rotatable bonds is 4. The van der Waals surface area contributed by atoms with E-state index in [2.05, 4.69) is 66.3 Å². The second kappa shape index (κ2) is 7.88. The Morgan fingerprint density at radius 3 is 2.71 bits per heavy atom. The molecule has 1 saturated heterocycles. The van der Waals surface area contributed by atoms with E-state index in [9.17, 15) is 9.90 Å². The highest BCUT2D eigenvalue weighted by molar-refractivity contribution is 5.90. The van der Waals surface area contributed by atoms with Crippen molar-refractivity contribution in [3.05, 3.63) is 36.0 Å². The van der Waals surface area contributed by atoms with Crippen LogP contribution in [0, 0.1) is 34.0 Å². The van der Waals surface area contributed by atoms with Crippen LogP contribution in [0.4, 0.5) is 0 Å². The van der Waals surface area contributed by atoms with E-state index in [4.69, 9.17) is 9.47 Å². The number of hydrogen-bond donors (Lipinski definition) is 1. The van der Waals surface area contributed by atoms with Gasteiger partial charge in [-0.3, -0.25) is 4.79 Å². The molecule has 1 N–H and O–H groups in total. The van der Waals surface area contributed by atoms with Gasteiger partial charge in [0.2, 0.25) is 0 Å². The quantitative estimate of drug-likeness (QED) is 0.538. The minimum Gasteiger partial charge on any atom is -0.393 e. The molecule has 9 atom stereocenters. The molecule has 0 aromatic heterocycles. The fraction of sp³-hybridized carbons (Fsp3) is 0.767. The Bertz CT molecular complexity index is 940. The van der Waals surface area contributed by atoms with Gasteiger partial charge in [0, 0.05) is 23.2 Å². The first kappa shape index (κ1) is 24.5. The first-order valence-electron chi connectivity index (χ1n) is 13.5. The summed E-state index contributed by atoms with van der Waals surface area (Å²) in [7, 11) is 0. The van der Waals surface area contributed by atoms with Gasteiger partial charge < -0.3 is 14.6 Å². The number of hydrogen-bond acceptors (Lipinski definition) is 4. The van der Waals surface area contributed by atoms with Crippen LogP contribution in [-0.2, 0) is 14.3 Å². The number of Topliss-reactive ketones (excluding diaryl/α,β-unsaturated/α-hetero) is 1. The van der Waals surface area contributed by atoms with Crippen LogP contribution in [0.25, 0.3) is 0 Å². The van der Waals surface area contributed by atoms with Gasteiger partial charge in [0.1, 0.15) is 0 Å². The van der Waals surface area contributed by atoms with Gasteiger partial charge in [0.05, 0.1) is 12.2 Å². The topological polar surface area (TPSA) is 55.8 Å². The minimum absolute atomic E-state index is 0.125. The molecular formula is C30H44O4. The van der Waals surface area contributed by atoms with Crippen molar-refractivity contribution in [2.75, 3.05) is 0 Å². The second-order valence-corrected chi connectivity index (χ2v) is 13.5. The van der Waals surface area contributed by atoms with Gasteiger partial charge in [-0.15, -0.1) is 0 Å². The molecule has 0 bridgehead atoms. The number of ether oxygens (including phenoxy) is 2. The monoisotopic (exact) mass is 468 g/mol. The van der Waals surface area contributed by atoms with Crippen molar-refractivity contribution in [1.29, 1.82) is 0 Å². The molecule has 4 nitrogen and oxygen atoms in total. The van der Waals surface area contributed by atoms with E-state index >= 15 is 0 Å². The van der Waals surface area contributed by atoms with Gasteiger partial charge in [-0.25, -0.2) is 0 Å². The maximum absolute atomic E-state index is 14.2. The zero-order chi connectivity index (χ0) is 24.7. The molecule has 34 heavy (non-hydrogen) atoms. The van der Waals surface area contributed by atoms with E-state index in [0.717, 1.165) is 37.7 Å². The Kier molecular flexibility index (Phi) is 5.67. The van der Waals surface area contributed by atoms with Crippen LogP contribution in [0.15, 0.2) is 36.0 Å². The molecule has 4 aliphatic carbocycles. The number of carbonyl (C=O) groups is 1. The highest BCUT2D eigenvalue weighted by atomic mass is 16.7. The van der Waals surface area contributed by atoms with E-state index in [1.165, 1.54) is 5.57 Å². The maximum Gasteiger partial charge on any atom is 0.168 e. The zero-order valence-electron chi connectivity index (χ0n) is 22.0. The molecule has 5 aliphatic rings. The molecule has 188 valence electrons. The van der Waals surface area contributed by atoms with Crippen molar-refractivity contribution < 1.29 is 19.4 Å². The average Bonchev–Trinajstić information content (AvgIpc) is 3.20. The van der Waals surface area contributed by atoms with Crippen molar-refractivity contribution in [3.8, 4) is 0 Å². The predicted octanol–water partition coefficient (Wildman–Crippen LogP) is 6.15. The lowest BCUT2D eigenvalue weighted by molar-refractivity contribution is -0.200. The lowest BCUT2D eigenvalue weighted by Gasteiger charge is -2.60. The zero-order valence-corrected chi connectivity index (χ0v) is 22.0. The second-order valence-electron chi connectivity index (χ2n) is 13.5. The van der Waals surface area contributed by atoms with E-state index in [1.54, 1.807) is 0 Å². The van der Waals surface area contributed by atoms with Gasteiger partial charge in [-0.05, 0) is 54.9 Å². The molecule has 0 aromatic rings. The molecule has 0 amide bonds. The Hall–Kier alpha value is -1.23. The van der Waals surface area contributed by atoms with Gasteiger partial charge >= 0.3 is 0 Å². The lowest BCUT2D eigenvalue weighted by Crippen LogP contribution is -2.63. The summed E-state index contributed by atoms with van der Waals surface area (Å²) < 4.78 is 13.3. The molecule has 5 rings (SSSR count). The fourth-order valence-electron chi connectivity index (χ4n) is 8.70. The molecule has 1 heterocycles. The summed E-state index contributed by atoms with van der Waals surface area (Å²) in [5.41, 5.74) is 0.785. The van der Waals surface area contributed by atoms with E-state index < -0.39 is 17.1 Å². The van der Waals surface area contributed by atoms with Crippen LogP contribution in [0.1, 0.15) is 86.5 Å². The van der Waals surface area contributed by atoms with Crippen LogP contribution in [0.5, 0.6) is 0 Å². The van der Waals surface area contributed by atoms with E-state index in [1.807, 2.05) is 0 Å². The first-order valence-corrected chi connectivity index (χ1v) is 13.5. The summed E-state index contributed by atoms with van der Waals surface area (Å²) in [6.07, 6.45) is 11.3. The Labute approximate surface area is 205 Å². The van der Waals surface area contributed by atoms with Crippen LogP contribution >= 0.6 is 0 Å². The molecule has 1 aliphatic heterocycles. The van der Waals surface area contributed by atoms with Crippen molar-refractivity contribution in [1.82, 2.24) is 0 Å². The van der Waals surface area contributed by atoms with Crippen LogP contribution < -0.4 is 0 Å². The number of carbonyl (C=O) groups excluding carboxylic acids is 1. The van der Waals surface area contributed by atoms with Crippen molar-refractivity contribution in [2.24, 2.45) is 34.0 Å². The Morgan fingerprint density at radius 2 is 2.03 bits per heavy atom. The molecular weight excluding hydrogens is 424 g/mol. The third kappa shape index (κ3) is 3.31. The van der Waals surface area contributed by atoms with E-state index in [0.29, 0.717) is 24.7 Å². The van der Waals surface area contributed by atoms with Crippen molar-refractivity contribution in [2.45, 2.75) is 111 Å². The van der Waals surface area contributed by atoms with Gasteiger partial charge in [-0.2, -0.15) is 0 Å². The fourth-order valence-corrected chi connectivity index (χ4v) is 8.70. The molecule has 0 radical (unpaired) electrons. The number of fused-ring (bicyclic) bond motifs is 7. The number of allylic oxidation sites excluding steroid dienone is 5. The highest BCUT2D eigenvalue weighted by Gasteiger charge is 2.75. The van der Waals surface area contributed by atoms with Crippen LogP contribution in [0.3, 0.4) is 0 Å². The molecule has 4 fully saturated rings. The number of aliphatic hydroxyl groups is 1. The van der Waals surface area contributed by atoms with Crippen LogP contribution in [-0.4, -0.2) is 35.0 Å². The summed E-state index contributed by atoms with van der Waals surface area (Å²) in [5.74, 6) is 0.966. The minimum atomic E-state index is -0.954. The molecule has 3 saturated carbocycles. The number of aliphatic hydroxyl groups excluding tert-OH is 1. The summed E-state index contributed by atoms with van der Waals surface area (Å²) in [4.78, 5) is 14.2. The standard InChI is InChI=1S/C30H44O4/c1-8-9-25-33-24-15-21-20-11-10-19-14-18(2)12-13-28(19,6)26(20)22(31)16-29(21,7)30(24,34-25)23(32)17-27(3,4)5/h12-14,20-22,24-26,31H,2,8-11,15-17H2,1,3-7H3/t20-,21-,22-,24+,25+,26+,28-,29-,30+/m0/s1. The highest BCUT2D eigenvalue weighted by Crippen LogP contribution is 2.70. The first-order chi connectivity index (χ1) is 15.9. The Balaban J connectivity index is 1.55. The van der Waals surface area contributed by atoms with Crippen molar-refractivity contribution >= 4 is 5.78 Å². The van der Waals surface area contributed by atoms with Gasteiger partial charge in [-0.1, -0.05) is 78.3 Å². The number of ketones is 1. The average molecular weight is 469 g/mol. The lowest BCUT2D eigenvalue weighted by atomic mass is 9.46. The molecule has 0 aromatic carbocycles. The van der Waals surface area contributed by atoms with E-state index in [-0.39, 0.29) is 34.9 Å². The largest absolute Gasteiger partial charge is 0.393 e.